The number of nitro groups is 1. The average Bonchev–Trinajstić information content (AvgIpc) is 2.37. The number of methoxy groups -OCH3 is 1. The van der Waals surface area contributed by atoms with Crippen molar-refractivity contribution in [2.45, 2.75) is 0 Å². The molecule has 1 rings (SSSR count). The fourth-order valence-electron chi connectivity index (χ4n) is 1.21. The van der Waals surface area contributed by atoms with Crippen LogP contribution in [-0.2, 0) is 9.53 Å². The number of hydrogen-bond acceptors (Lipinski definition) is 5. The first-order chi connectivity index (χ1) is 9.04. The molecule has 0 spiro atoms. The monoisotopic (exact) mass is 288 g/mol. The van der Waals surface area contributed by atoms with Gasteiger partial charge < -0.3 is 14.8 Å². The van der Waals surface area contributed by atoms with Crippen LogP contribution in [0.1, 0.15) is 0 Å². The normalized spacial score (nSPS) is 10.0. The van der Waals surface area contributed by atoms with Crippen molar-refractivity contribution in [2.75, 3.05) is 26.9 Å². The molecule has 0 heterocycles. The van der Waals surface area contributed by atoms with Crippen molar-refractivity contribution in [2.24, 2.45) is 0 Å². The molecule has 0 aromatic heterocycles. The van der Waals surface area contributed by atoms with Crippen molar-refractivity contribution in [1.82, 2.24) is 5.32 Å². The van der Waals surface area contributed by atoms with Crippen LogP contribution >= 0.6 is 11.6 Å². The van der Waals surface area contributed by atoms with Gasteiger partial charge in [-0.1, -0.05) is 11.6 Å². The zero-order valence-corrected chi connectivity index (χ0v) is 11.0. The maximum atomic E-state index is 11.3. The molecule has 8 heteroatoms. The Labute approximate surface area is 114 Å². The molecule has 1 amide bonds. The highest BCUT2D eigenvalue weighted by molar-refractivity contribution is 6.32. The van der Waals surface area contributed by atoms with E-state index in [2.05, 4.69) is 5.32 Å². The Bertz CT molecular complexity index is 466. The minimum absolute atomic E-state index is 0.0823. The van der Waals surface area contributed by atoms with Crippen LogP contribution in [0.4, 0.5) is 5.69 Å². The molecule has 0 aliphatic rings. The summed E-state index contributed by atoms with van der Waals surface area (Å²) in [5.41, 5.74) is -0.137. The smallest absolute Gasteiger partial charge is 0.271 e. The van der Waals surface area contributed by atoms with E-state index in [1.54, 1.807) is 0 Å². The van der Waals surface area contributed by atoms with Gasteiger partial charge >= 0.3 is 0 Å². The fourth-order valence-corrected chi connectivity index (χ4v) is 1.44. The first kappa shape index (κ1) is 15.2. The maximum absolute atomic E-state index is 11.3. The van der Waals surface area contributed by atoms with E-state index in [0.29, 0.717) is 13.2 Å². The van der Waals surface area contributed by atoms with Crippen LogP contribution in [0.2, 0.25) is 5.02 Å². The van der Waals surface area contributed by atoms with Crippen molar-refractivity contribution in [3.8, 4) is 5.75 Å². The minimum atomic E-state index is -0.562. The van der Waals surface area contributed by atoms with Crippen molar-refractivity contribution in [3.63, 3.8) is 0 Å². The molecule has 104 valence electrons. The van der Waals surface area contributed by atoms with Crippen LogP contribution in [-0.4, -0.2) is 37.7 Å². The van der Waals surface area contributed by atoms with E-state index in [-0.39, 0.29) is 29.0 Å². The van der Waals surface area contributed by atoms with Gasteiger partial charge in [0.1, 0.15) is 5.75 Å². The molecule has 0 bridgehead atoms. The van der Waals surface area contributed by atoms with Crippen LogP contribution in [0.15, 0.2) is 18.2 Å². The number of carbonyl (C=O) groups excluding carboxylic acids is 1. The van der Waals surface area contributed by atoms with Gasteiger partial charge in [0.25, 0.3) is 11.6 Å². The highest BCUT2D eigenvalue weighted by atomic mass is 35.5. The molecule has 0 aliphatic carbocycles. The number of nitro benzene ring substituents is 1. The Morgan fingerprint density at radius 1 is 1.53 bits per heavy atom. The van der Waals surface area contributed by atoms with Crippen molar-refractivity contribution >= 4 is 23.2 Å². The topological polar surface area (TPSA) is 90.7 Å². The standard InChI is InChI=1S/C11H13ClN2O5/c1-18-5-4-13-11(15)7-19-10-3-2-8(14(16)17)6-9(10)12/h2-3,6H,4-5,7H2,1H3,(H,13,15). The van der Waals surface area contributed by atoms with Crippen molar-refractivity contribution in [3.05, 3.63) is 33.3 Å². The molecule has 0 saturated heterocycles. The highest BCUT2D eigenvalue weighted by Crippen LogP contribution is 2.28. The second kappa shape index (κ2) is 7.55. The molecule has 0 unspecified atom stereocenters. The van der Waals surface area contributed by atoms with E-state index in [9.17, 15) is 14.9 Å². The number of halogens is 1. The Balaban J connectivity index is 2.49. The van der Waals surface area contributed by atoms with E-state index in [1.165, 1.54) is 25.3 Å². The van der Waals surface area contributed by atoms with Gasteiger partial charge in [-0.2, -0.15) is 0 Å². The lowest BCUT2D eigenvalue weighted by Gasteiger charge is -2.08. The summed E-state index contributed by atoms with van der Waals surface area (Å²) in [6.07, 6.45) is 0. The van der Waals surface area contributed by atoms with Gasteiger partial charge in [0.15, 0.2) is 6.61 Å². The molecule has 0 radical (unpaired) electrons. The summed E-state index contributed by atoms with van der Waals surface area (Å²) in [5, 5.41) is 13.2. The summed E-state index contributed by atoms with van der Waals surface area (Å²) in [5.74, 6) is -0.111. The number of rotatable bonds is 7. The Morgan fingerprint density at radius 2 is 2.26 bits per heavy atom. The second-order valence-corrected chi connectivity index (χ2v) is 3.91. The third-order valence-electron chi connectivity index (χ3n) is 2.11. The van der Waals surface area contributed by atoms with Gasteiger partial charge in [-0.3, -0.25) is 14.9 Å². The summed E-state index contributed by atoms with van der Waals surface area (Å²) < 4.78 is 9.93. The molecule has 1 aromatic rings. The summed E-state index contributed by atoms with van der Waals surface area (Å²) in [4.78, 5) is 21.3. The van der Waals surface area contributed by atoms with Gasteiger partial charge in [-0.15, -0.1) is 0 Å². The Kier molecular flexibility index (Phi) is 6.04. The van der Waals surface area contributed by atoms with E-state index in [4.69, 9.17) is 21.1 Å². The predicted octanol–water partition coefficient (Wildman–Crippen LogP) is 1.39. The molecule has 0 atom stereocenters. The van der Waals surface area contributed by atoms with Gasteiger partial charge in [0, 0.05) is 25.8 Å². The first-order valence-corrected chi connectivity index (χ1v) is 5.74. The van der Waals surface area contributed by atoms with Crippen LogP contribution in [0.3, 0.4) is 0 Å². The SMILES string of the molecule is COCCNC(=O)COc1ccc([N+](=O)[O-])cc1Cl. The van der Waals surface area contributed by atoms with E-state index < -0.39 is 4.92 Å². The third kappa shape index (κ3) is 5.11. The highest BCUT2D eigenvalue weighted by Gasteiger charge is 2.11. The molecule has 7 nitrogen and oxygen atoms in total. The average molecular weight is 289 g/mol. The number of carbonyl (C=O) groups is 1. The summed E-state index contributed by atoms with van der Waals surface area (Å²) >= 11 is 5.80. The molecule has 0 fully saturated rings. The van der Waals surface area contributed by atoms with E-state index in [1.807, 2.05) is 0 Å². The number of nitrogens with zero attached hydrogens (tertiary/aromatic N) is 1. The molecular formula is C11H13ClN2O5. The Morgan fingerprint density at radius 3 is 2.84 bits per heavy atom. The van der Waals surface area contributed by atoms with E-state index in [0.717, 1.165) is 0 Å². The third-order valence-corrected chi connectivity index (χ3v) is 2.41. The van der Waals surface area contributed by atoms with E-state index >= 15 is 0 Å². The maximum Gasteiger partial charge on any atom is 0.271 e. The molecule has 1 aromatic carbocycles. The number of nitrogens with one attached hydrogen (secondary N) is 1. The zero-order valence-electron chi connectivity index (χ0n) is 10.2. The zero-order chi connectivity index (χ0) is 14.3. The van der Waals surface area contributed by atoms with Crippen LogP contribution in [0.25, 0.3) is 0 Å². The van der Waals surface area contributed by atoms with Crippen LogP contribution < -0.4 is 10.1 Å². The number of amides is 1. The lowest BCUT2D eigenvalue weighted by molar-refractivity contribution is -0.384. The predicted molar refractivity (Wildman–Crippen MR) is 68.5 cm³/mol. The largest absolute Gasteiger partial charge is 0.482 e. The second-order valence-electron chi connectivity index (χ2n) is 3.50. The Hall–Kier alpha value is -1.86. The minimum Gasteiger partial charge on any atom is -0.482 e. The number of non-ortho nitro benzene ring substituents is 1. The molecule has 0 saturated carbocycles. The van der Waals surface area contributed by atoms with Gasteiger partial charge in [-0.05, 0) is 6.07 Å². The number of ether oxygens (including phenoxy) is 2. The first-order valence-electron chi connectivity index (χ1n) is 5.37. The van der Waals surface area contributed by atoms with Crippen LogP contribution in [0.5, 0.6) is 5.75 Å². The van der Waals surface area contributed by atoms with Gasteiger partial charge in [0.2, 0.25) is 0 Å². The quantitative estimate of drug-likeness (QED) is 0.465. The summed E-state index contributed by atoms with van der Waals surface area (Å²) in [6.45, 7) is 0.567. The number of benzene rings is 1. The van der Waals surface area contributed by atoms with Gasteiger partial charge in [-0.25, -0.2) is 0 Å². The summed E-state index contributed by atoms with van der Waals surface area (Å²) in [7, 11) is 1.53. The number of hydrogen-bond donors (Lipinski definition) is 1. The van der Waals surface area contributed by atoms with Gasteiger partial charge in [0.05, 0.1) is 16.6 Å². The molecule has 0 aliphatic heterocycles. The molecule has 19 heavy (non-hydrogen) atoms. The lowest BCUT2D eigenvalue weighted by Crippen LogP contribution is -2.31. The van der Waals surface area contributed by atoms with Crippen molar-refractivity contribution in [1.29, 1.82) is 0 Å². The van der Waals surface area contributed by atoms with Crippen molar-refractivity contribution < 1.29 is 19.2 Å². The lowest BCUT2D eigenvalue weighted by atomic mass is 10.3. The molecule has 1 N–H and O–H groups in total. The van der Waals surface area contributed by atoms with Crippen LogP contribution in [0, 0.1) is 10.1 Å². The fraction of sp³-hybridized carbons (Fsp3) is 0.364. The molecular weight excluding hydrogens is 276 g/mol. The summed E-state index contributed by atoms with van der Waals surface area (Å²) in [6, 6.07) is 3.77.